The fourth-order valence-electron chi connectivity index (χ4n) is 2.11. The van der Waals surface area contributed by atoms with Crippen molar-refractivity contribution in [2.45, 2.75) is 18.8 Å². The van der Waals surface area contributed by atoms with Gasteiger partial charge in [-0.05, 0) is 36.6 Å². The zero-order valence-electron chi connectivity index (χ0n) is 10.5. The number of carbonyl (C=O) groups is 1. The standard InChI is InChI=1S/C15H14ClNO2/c1-15(14(18)19,9-11-5-4-8-17-10-11)12-6-2-3-7-13(12)16/h2-8,10H,9H2,1H3,(H,18,19). The molecule has 0 aliphatic heterocycles. The van der Waals surface area contributed by atoms with E-state index < -0.39 is 11.4 Å². The van der Waals surface area contributed by atoms with Crippen LogP contribution in [0.1, 0.15) is 18.1 Å². The van der Waals surface area contributed by atoms with Crippen molar-refractivity contribution in [3.63, 3.8) is 0 Å². The van der Waals surface area contributed by atoms with Crippen LogP contribution in [0.4, 0.5) is 0 Å². The molecule has 3 nitrogen and oxygen atoms in total. The van der Waals surface area contributed by atoms with Crippen LogP contribution in [0, 0.1) is 0 Å². The van der Waals surface area contributed by atoms with Crippen LogP contribution in [-0.2, 0) is 16.6 Å². The van der Waals surface area contributed by atoms with E-state index >= 15 is 0 Å². The van der Waals surface area contributed by atoms with Crippen molar-refractivity contribution in [1.82, 2.24) is 4.98 Å². The summed E-state index contributed by atoms with van der Waals surface area (Å²) in [6, 6.07) is 10.7. The number of carboxylic acids is 1. The maximum Gasteiger partial charge on any atom is 0.314 e. The third-order valence-corrected chi connectivity index (χ3v) is 3.55. The lowest BCUT2D eigenvalue weighted by Gasteiger charge is -2.26. The Labute approximate surface area is 116 Å². The highest BCUT2D eigenvalue weighted by molar-refractivity contribution is 6.31. The van der Waals surface area contributed by atoms with Gasteiger partial charge in [-0.1, -0.05) is 35.9 Å². The van der Waals surface area contributed by atoms with Gasteiger partial charge in [-0.2, -0.15) is 0 Å². The Morgan fingerprint density at radius 2 is 2.05 bits per heavy atom. The van der Waals surface area contributed by atoms with Crippen molar-refractivity contribution < 1.29 is 9.90 Å². The molecule has 1 aromatic carbocycles. The van der Waals surface area contributed by atoms with Crippen LogP contribution in [0.25, 0.3) is 0 Å². The number of hydrogen-bond donors (Lipinski definition) is 1. The SMILES string of the molecule is CC(Cc1cccnc1)(C(=O)O)c1ccccc1Cl. The highest BCUT2D eigenvalue weighted by Crippen LogP contribution is 2.33. The molecule has 1 atom stereocenters. The second-order valence-electron chi connectivity index (χ2n) is 4.66. The first-order chi connectivity index (χ1) is 9.04. The Balaban J connectivity index is 2.45. The van der Waals surface area contributed by atoms with Crippen LogP contribution in [0.5, 0.6) is 0 Å². The predicted molar refractivity (Wildman–Crippen MR) is 74.4 cm³/mol. The summed E-state index contributed by atoms with van der Waals surface area (Å²) < 4.78 is 0. The molecular formula is C15H14ClNO2. The van der Waals surface area contributed by atoms with Crippen LogP contribution in [0.2, 0.25) is 5.02 Å². The summed E-state index contributed by atoms with van der Waals surface area (Å²) in [4.78, 5) is 15.7. The monoisotopic (exact) mass is 275 g/mol. The molecule has 0 aliphatic carbocycles. The van der Waals surface area contributed by atoms with Crippen molar-refractivity contribution in [1.29, 1.82) is 0 Å². The maximum absolute atomic E-state index is 11.7. The lowest BCUT2D eigenvalue weighted by Crippen LogP contribution is -2.35. The molecular weight excluding hydrogens is 262 g/mol. The van der Waals surface area contributed by atoms with E-state index in [2.05, 4.69) is 4.98 Å². The number of carboxylic acid groups (broad SMARTS) is 1. The van der Waals surface area contributed by atoms with E-state index in [1.165, 1.54) is 0 Å². The lowest BCUT2D eigenvalue weighted by molar-refractivity contribution is -0.143. The molecule has 0 aliphatic rings. The van der Waals surface area contributed by atoms with Crippen LogP contribution in [-0.4, -0.2) is 16.1 Å². The molecule has 0 fully saturated rings. The van der Waals surface area contributed by atoms with E-state index in [9.17, 15) is 9.90 Å². The van der Waals surface area contributed by atoms with Gasteiger partial charge in [0.05, 0.1) is 5.41 Å². The van der Waals surface area contributed by atoms with E-state index in [1.807, 2.05) is 6.07 Å². The Kier molecular flexibility index (Phi) is 3.86. The zero-order valence-corrected chi connectivity index (χ0v) is 11.3. The number of nitrogens with zero attached hydrogens (tertiary/aromatic N) is 1. The molecule has 2 aromatic rings. The first-order valence-electron chi connectivity index (χ1n) is 5.91. The zero-order chi connectivity index (χ0) is 13.9. The van der Waals surface area contributed by atoms with Gasteiger partial charge in [0.15, 0.2) is 0 Å². The molecule has 98 valence electrons. The second-order valence-corrected chi connectivity index (χ2v) is 5.06. The maximum atomic E-state index is 11.7. The van der Waals surface area contributed by atoms with Gasteiger partial charge in [-0.15, -0.1) is 0 Å². The fourth-order valence-corrected chi connectivity index (χ4v) is 2.45. The molecule has 0 radical (unpaired) electrons. The third-order valence-electron chi connectivity index (χ3n) is 3.22. The van der Waals surface area contributed by atoms with Crippen LogP contribution >= 0.6 is 11.6 Å². The smallest absolute Gasteiger partial charge is 0.314 e. The molecule has 19 heavy (non-hydrogen) atoms. The molecule has 0 amide bonds. The molecule has 4 heteroatoms. The first-order valence-corrected chi connectivity index (χ1v) is 6.29. The minimum absolute atomic E-state index is 0.347. The molecule has 0 saturated heterocycles. The van der Waals surface area contributed by atoms with E-state index in [-0.39, 0.29) is 0 Å². The average Bonchev–Trinajstić information content (AvgIpc) is 2.40. The summed E-state index contributed by atoms with van der Waals surface area (Å²) in [7, 11) is 0. The Hall–Kier alpha value is -1.87. The minimum atomic E-state index is -1.07. The molecule has 1 aromatic heterocycles. The summed E-state index contributed by atoms with van der Waals surface area (Å²) in [6.07, 6.45) is 3.69. The van der Waals surface area contributed by atoms with Gasteiger partial charge in [-0.25, -0.2) is 0 Å². The van der Waals surface area contributed by atoms with Crippen LogP contribution in [0.3, 0.4) is 0 Å². The van der Waals surface area contributed by atoms with Crippen molar-refractivity contribution >= 4 is 17.6 Å². The predicted octanol–water partition coefficient (Wildman–Crippen LogP) is 3.32. The Morgan fingerprint density at radius 3 is 2.63 bits per heavy atom. The Bertz CT molecular complexity index is 586. The number of hydrogen-bond acceptors (Lipinski definition) is 2. The number of aromatic nitrogens is 1. The van der Waals surface area contributed by atoms with Gasteiger partial charge in [0.2, 0.25) is 0 Å². The molecule has 0 bridgehead atoms. The molecule has 1 unspecified atom stereocenters. The van der Waals surface area contributed by atoms with Gasteiger partial charge in [0, 0.05) is 17.4 Å². The fraction of sp³-hybridized carbons (Fsp3) is 0.200. The van der Waals surface area contributed by atoms with Gasteiger partial charge in [0.1, 0.15) is 0 Å². The molecule has 0 spiro atoms. The first kappa shape index (κ1) is 13.6. The van der Waals surface area contributed by atoms with Crippen molar-refractivity contribution in [2.24, 2.45) is 0 Å². The Morgan fingerprint density at radius 1 is 1.32 bits per heavy atom. The topological polar surface area (TPSA) is 50.2 Å². The summed E-state index contributed by atoms with van der Waals surface area (Å²) in [5.74, 6) is -0.899. The number of benzene rings is 1. The largest absolute Gasteiger partial charge is 0.481 e. The second kappa shape index (κ2) is 5.41. The van der Waals surface area contributed by atoms with Gasteiger partial charge < -0.3 is 5.11 Å². The third kappa shape index (κ3) is 2.76. The lowest BCUT2D eigenvalue weighted by atomic mass is 9.77. The summed E-state index contributed by atoms with van der Waals surface area (Å²) in [5, 5.41) is 10.1. The summed E-state index contributed by atoms with van der Waals surface area (Å²) in [6.45, 7) is 1.68. The quantitative estimate of drug-likeness (QED) is 0.931. The highest BCUT2D eigenvalue weighted by atomic mass is 35.5. The number of pyridine rings is 1. The van der Waals surface area contributed by atoms with Crippen molar-refractivity contribution in [3.8, 4) is 0 Å². The van der Waals surface area contributed by atoms with E-state index in [4.69, 9.17) is 11.6 Å². The van der Waals surface area contributed by atoms with Gasteiger partial charge in [-0.3, -0.25) is 9.78 Å². The molecule has 1 N–H and O–H groups in total. The summed E-state index contributed by atoms with van der Waals surface area (Å²) in [5.41, 5.74) is 0.418. The minimum Gasteiger partial charge on any atom is -0.481 e. The normalized spacial score (nSPS) is 13.8. The number of aliphatic carboxylic acids is 1. The van der Waals surface area contributed by atoms with Crippen LogP contribution in [0.15, 0.2) is 48.8 Å². The van der Waals surface area contributed by atoms with Crippen molar-refractivity contribution in [2.75, 3.05) is 0 Å². The van der Waals surface area contributed by atoms with E-state index in [0.717, 1.165) is 5.56 Å². The van der Waals surface area contributed by atoms with Gasteiger partial charge in [0.25, 0.3) is 0 Å². The van der Waals surface area contributed by atoms with Crippen molar-refractivity contribution in [3.05, 3.63) is 64.9 Å². The van der Waals surface area contributed by atoms with Gasteiger partial charge >= 0.3 is 5.97 Å². The van der Waals surface area contributed by atoms with Crippen LogP contribution < -0.4 is 0 Å². The number of halogens is 1. The molecule has 2 rings (SSSR count). The average molecular weight is 276 g/mol. The molecule has 0 saturated carbocycles. The van der Waals surface area contributed by atoms with E-state index in [0.29, 0.717) is 17.0 Å². The summed E-state index contributed by atoms with van der Waals surface area (Å²) >= 11 is 6.14. The number of rotatable bonds is 4. The highest BCUT2D eigenvalue weighted by Gasteiger charge is 2.37. The van der Waals surface area contributed by atoms with E-state index in [1.54, 1.807) is 49.6 Å². The molecule has 1 heterocycles.